The summed E-state index contributed by atoms with van der Waals surface area (Å²) in [5.74, 6) is 0.918. The number of fused-ring (bicyclic) bond motifs is 1. The number of ether oxygens (including phenoxy) is 1. The molecule has 3 heterocycles. The van der Waals surface area contributed by atoms with Crippen molar-refractivity contribution in [1.82, 2.24) is 24.9 Å². The topological polar surface area (TPSA) is 75.0 Å². The molecule has 9 heteroatoms. The van der Waals surface area contributed by atoms with Crippen molar-refractivity contribution in [1.29, 1.82) is 0 Å². The fourth-order valence-electron chi connectivity index (χ4n) is 3.82. The van der Waals surface area contributed by atoms with Crippen LogP contribution in [0.4, 0.5) is 4.79 Å². The average Bonchev–Trinajstić information content (AvgIpc) is 3.34. The fraction of sp³-hybridized carbons (Fsp3) is 0.500. The van der Waals surface area contributed by atoms with Gasteiger partial charge in [-0.25, -0.2) is 4.79 Å². The Kier molecular flexibility index (Phi) is 7.45. The van der Waals surface area contributed by atoms with E-state index in [0.717, 1.165) is 19.0 Å². The van der Waals surface area contributed by atoms with Gasteiger partial charge in [-0.05, 0) is 38.0 Å². The minimum absolute atomic E-state index is 0. The number of carbonyl (C=O) groups is 1. The van der Waals surface area contributed by atoms with Crippen molar-refractivity contribution in [2.75, 3.05) is 26.2 Å². The number of rotatable bonds is 4. The zero-order valence-corrected chi connectivity index (χ0v) is 20.7. The van der Waals surface area contributed by atoms with E-state index in [-0.39, 0.29) is 36.1 Å². The van der Waals surface area contributed by atoms with Gasteiger partial charge in [0.25, 0.3) is 0 Å². The maximum absolute atomic E-state index is 12.4. The highest BCUT2D eigenvalue weighted by molar-refractivity contribution is 14.0. The van der Waals surface area contributed by atoms with Gasteiger partial charge >= 0.3 is 6.09 Å². The summed E-state index contributed by atoms with van der Waals surface area (Å²) in [6, 6.07) is 10.6. The third-order valence-electron chi connectivity index (χ3n) is 5.20. The maximum Gasteiger partial charge on any atom is 0.410 e. The number of hydrogen-bond acceptors (Lipinski definition) is 6. The summed E-state index contributed by atoms with van der Waals surface area (Å²) in [6.45, 7) is 9.90. The number of nitrogens with zero attached hydrogens (tertiary/aromatic N) is 5. The Morgan fingerprint density at radius 3 is 2.77 bits per heavy atom. The quantitative estimate of drug-likeness (QED) is 0.607. The number of benzene rings is 1. The molecule has 2 aliphatic rings. The molecule has 0 spiro atoms. The van der Waals surface area contributed by atoms with Crippen LogP contribution >= 0.6 is 24.0 Å². The lowest BCUT2D eigenvalue weighted by atomic mass is 10.1. The molecule has 4 rings (SSSR count). The van der Waals surface area contributed by atoms with E-state index in [9.17, 15) is 4.79 Å². The second-order valence-corrected chi connectivity index (χ2v) is 8.82. The van der Waals surface area contributed by atoms with Crippen LogP contribution in [0.25, 0.3) is 0 Å². The maximum atomic E-state index is 12.4. The summed E-state index contributed by atoms with van der Waals surface area (Å²) in [5, 5.41) is 7.76. The zero-order valence-electron chi connectivity index (χ0n) is 18.3. The molecular formula is C22H31IN6O2. The van der Waals surface area contributed by atoms with E-state index in [1.165, 1.54) is 11.1 Å². The molecule has 0 radical (unpaired) electrons. The van der Waals surface area contributed by atoms with Gasteiger partial charge in [0.1, 0.15) is 5.60 Å². The molecule has 1 aromatic carbocycles. The van der Waals surface area contributed by atoms with Crippen LogP contribution in [0.15, 0.2) is 47.7 Å². The standard InChI is InChI=1S/C22H30N6O2.HI/c1-22(2,3)30-21(29)26-10-11-28-19(16-26)14-24-20(28)23-13-17-6-4-7-18(12-17)15-27-9-5-8-25-27;/h4-9,12,19H,10-11,13-16H2,1-3H3,(H,23,24);1H. The Morgan fingerprint density at radius 1 is 1.23 bits per heavy atom. The van der Waals surface area contributed by atoms with Gasteiger partial charge in [0, 0.05) is 38.6 Å². The van der Waals surface area contributed by atoms with Crippen molar-refractivity contribution in [2.45, 2.75) is 45.5 Å². The lowest BCUT2D eigenvalue weighted by Gasteiger charge is -2.39. The fourth-order valence-corrected chi connectivity index (χ4v) is 3.82. The zero-order chi connectivity index (χ0) is 21.1. The molecule has 2 aromatic rings. The van der Waals surface area contributed by atoms with Crippen molar-refractivity contribution < 1.29 is 9.53 Å². The molecule has 0 bridgehead atoms. The van der Waals surface area contributed by atoms with E-state index in [1.807, 2.05) is 37.7 Å². The van der Waals surface area contributed by atoms with Crippen molar-refractivity contribution in [3.05, 3.63) is 53.9 Å². The molecule has 2 aliphatic heterocycles. The highest BCUT2D eigenvalue weighted by Gasteiger charge is 2.36. The van der Waals surface area contributed by atoms with Crippen LogP contribution in [0.1, 0.15) is 31.9 Å². The van der Waals surface area contributed by atoms with E-state index in [2.05, 4.69) is 44.6 Å². The number of amides is 1. The van der Waals surface area contributed by atoms with E-state index >= 15 is 0 Å². The van der Waals surface area contributed by atoms with E-state index < -0.39 is 5.60 Å². The first kappa shape index (κ1) is 23.4. The molecule has 1 saturated heterocycles. The van der Waals surface area contributed by atoms with E-state index in [1.54, 1.807) is 11.1 Å². The molecular weight excluding hydrogens is 507 g/mol. The smallest absolute Gasteiger partial charge is 0.410 e. The second kappa shape index (κ2) is 9.88. The highest BCUT2D eigenvalue weighted by Crippen LogP contribution is 2.19. The van der Waals surface area contributed by atoms with Gasteiger partial charge in [0.2, 0.25) is 0 Å². The van der Waals surface area contributed by atoms with Gasteiger partial charge in [-0.3, -0.25) is 9.67 Å². The third kappa shape index (κ3) is 6.11. The molecule has 1 atom stereocenters. The summed E-state index contributed by atoms with van der Waals surface area (Å²) >= 11 is 0. The molecule has 0 aliphatic carbocycles. The summed E-state index contributed by atoms with van der Waals surface area (Å²) in [4.78, 5) is 21.1. The predicted molar refractivity (Wildman–Crippen MR) is 131 cm³/mol. The van der Waals surface area contributed by atoms with Crippen LogP contribution in [-0.2, 0) is 17.8 Å². The van der Waals surface area contributed by atoms with Crippen molar-refractivity contribution in [3.8, 4) is 0 Å². The Labute approximate surface area is 200 Å². The highest BCUT2D eigenvalue weighted by atomic mass is 127. The van der Waals surface area contributed by atoms with Crippen LogP contribution in [0.5, 0.6) is 0 Å². The van der Waals surface area contributed by atoms with Crippen molar-refractivity contribution in [3.63, 3.8) is 0 Å². The van der Waals surface area contributed by atoms with Crippen molar-refractivity contribution >= 4 is 36.0 Å². The summed E-state index contributed by atoms with van der Waals surface area (Å²) in [6.07, 6.45) is 3.52. The molecule has 1 fully saturated rings. The van der Waals surface area contributed by atoms with Gasteiger partial charge in [-0.15, -0.1) is 24.0 Å². The monoisotopic (exact) mass is 538 g/mol. The van der Waals surface area contributed by atoms with Gasteiger partial charge in [0.05, 0.1) is 19.1 Å². The lowest BCUT2D eigenvalue weighted by Crippen LogP contribution is -2.57. The van der Waals surface area contributed by atoms with Gasteiger partial charge < -0.3 is 19.9 Å². The molecule has 1 unspecified atom stereocenters. The largest absolute Gasteiger partial charge is 0.444 e. The average molecular weight is 538 g/mol. The minimum atomic E-state index is -0.473. The van der Waals surface area contributed by atoms with Crippen LogP contribution in [0.3, 0.4) is 0 Å². The Balaban J connectivity index is 0.00000272. The van der Waals surface area contributed by atoms with Crippen LogP contribution < -0.4 is 5.32 Å². The molecule has 168 valence electrons. The second-order valence-electron chi connectivity index (χ2n) is 8.82. The first-order valence-electron chi connectivity index (χ1n) is 10.5. The Morgan fingerprint density at radius 2 is 2.03 bits per heavy atom. The first-order valence-corrected chi connectivity index (χ1v) is 10.5. The number of nitrogens with one attached hydrogen (secondary N) is 1. The molecule has 1 aromatic heterocycles. The lowest BCUT2D eigenvalue weighted by molar-refractivity contribution is 0.0137. The Hall–Kier alpha value is -2.30. The number of guanidine groups is 1. The number of aliphatic imine (C=N–C) groups is 1. The van der Waals surface area contributed by atoms with Gasteiger partial charge in [-0.2, -0.15) is 5.10 Å². The summed E-state index contributed by atoms with van der Waals surface area (Å²) < 4.78 is 7.43. The number of halogens is 1. The molecule has 31 heavy (non-hydrogen) atoms. The van der Waals surface area contributed by atoms with Crippen molar-refractivity contribution in [2.24, 2.45) is 4.99 Å². The van der Waals surface area contributed by atoms with E-state index in [4.69, 9.17) is 4.74 Å². The number of carbonyl (C=O) groups excluding carboxylic acids is 1. The number of aromatic nitrogens is 2. The third-order valence-corrected chi connectivity index (χ3v) is 5.20. The molecule has 8 nitrogen and oxygen atoms in total. The first-order chi connectivity index (χ1) is 14.4. The SMILES string of the molecule is CC(C)(C)OC(=O)N1CCN2C(NCc3cccc(Cn4cccn4)c3)=NCC2C1.I. The molecule has 1 N–H and O–H groups in total. The Bertz CT molecular complexity index is 909. The predicted octanol–water partition coefficient (Wildman–Crippen LogP) is 2.93. The normalized spacial score (nSPS) is 18.2. The van der Waals surface area contributed by atoms with Crippen LogP contribution in [0.2, 0.25) is 0 Å². The van der Waals surface area contributed by atoms with Crippen LogP contribution in [-0.4, -0.2) is 69.5 Å². The van der Waals surface area contributed by atoms with E-state index in [0.29, 0.717) is 26.2 Å². The summed E-state index contributed by atoms with van der Waals surface area (Å²) in [7, 11) is 0. The summed E-state index contributed by atoms with van der Waals surface area (Å²) in [5.41, 5.74) is 1.95. The minimum Gasteiger partial charge on any atom is -0.444 e. The van der Waals surface area contributed by atoms with Crippen LogP contribution in [0, 0.1) is 0 Å². The van der Waals surface area contributed by atoms with Gasteiger partial charge in [-0.1, -0.05) is 24.3 Å². The molecule has 0 saturated carbocycles. The van der Waals surface area contributed by atoms with Gasteiger partial charge in [0.15, 0.2) is 5.96 Å². The number of piperazine rings is 1. The molecule has 1 amide bonds. The number of hydrogen-bond donors (Lipinski definition) is 1.